The molecule has 0 atom stereocenters. The topological polar surface area (TPSA) is 57.9 Å². The first-order valence-electron chi connectivity index (χ1n) is 2.35. The molecule has 0 rings (SSSR count). The van der Waals surface area contributed by atoms with E-state index in [4.69, 9.17) is 5.26 Å². The van der Waals surface area contributed by atoms with Gasteiger partial charge in [0.2, 0.25) is 0 Å². The third-order valence-electron chi connectivity index (χ3n) is 0.677. The van der Waals surface area contributed by atoms with Crippen LogP contribution in [0.2, 0.25) is 0 Å². The highest BCUT2D eigenvalue weighted by Crippen LogP contribution is 1.96. The van der Waals surface area contributed by atoms with Crippen molar-refractivity contribution in [3.8, 4) is 6.07 Å². The molecule has 9 heavy (non-hydrogen) atoms. The van der Waals surface area contributed by atoms with E-state index < -0.39 is 16.0 Å². The Hall–Kier alpha value is -0.630. The Balaban J connectivity index is 3.44. The van der Waals surface area contributed by atoms with Crippen LogP contribution in [-0.4, -0.2) is 14.2 Å². The highest BCUT2D eigenvalue weighted by Gasteiger charge is 2.04. The molecule has 0 fully saturated rings. The van der Waals surface area contributed by atoms with E-state index in [1.165, 1.54) is 0 Å². The maximum Gasteiger partial charge on any atom is 0.302 e. The Morgan fingerprint density at radius 2 is 2.11 bits per heavy atom. The minimum atomic E-state index is -4.35. The van der Waals surface area contributed by atoms with E-state index in [2.05, 4.69) is 0 Å². The third-order valence-corrected chi connectivity index (χ3v) is 1.45. The number of halogens is 1. The van der Waals surface area contributed by atoms with E-state index in [0.29, 0.717) is 0 Å². The predicted molar refractivity (Wildman–Crippen MR) is 29.7 cm³/mol. The Morgan fingerprint density at radius 3 is 2.44 bits per heavy atom. The zero-order valence-corrected chi connectivity index (χ0v) is 5.49. The first-order chi connectivity index (χ1) is 4.06. The van der Waals surface area contributed by atoms with Crippen LogP contribution in [0.1, 0.15) is 12.8 Å². The van der Waals surface area contributed by atoms with Crippen LogP contribution in [0.25, 0.3) is 0 Å². The molecule has 0 unspecified atom stereocenters. The van der Waals surface area contributed by atoms with Crippen LogP contribution in [0.4, 0.5) is 3.89 Å². The minimum Gasteiger partial charge on any atom is -0.198 e. The number of unbranched alkanes of at least 4 members (excludes halogenated alkanes) is 1. The van der Waals surface area contributed by atoms with E-state index >= 15 is 0 Å². The molecule has 0 radical (unpaired) electrons. The molecule has 0 aromatic heterocycles. The average molecular weight is 151 g/mol. The van der Waals surface area contributed by atoms with E-state index in [1.807, 2.05) is 0 Å². The van der Waals surface area contributed by atoms with Crippen molar-refractivity contribution in [2.75, 3.05) is 5.75 Å². The summed E-state index contributed by atoms with van der Waals surface area (Å²) in [5.41, 5.74) is 0. The lowest BCUT2D eigenvalue weighted by atomic mass is 10.4. The first kappa shape index (κ1) is 8.37. The van der Waals surface area contributed by atoms with Gasteiger partial charge in [0.15, 0.2) is 0 Å². The van der Waals surface area contributed by atoms with Crippen molar-refractivity contribution in [3.05, 3.63) is 0 Å². The summed E-state index contributed by atoms with van der Waals surface area (Å²) in [6, 6.07) is 1.71. The second kappa shape index (κ2) is 3.41. The van der Waals surface area contributed by atoms with Crippen molar-refractivity contribution in [1.29, 1.82) is 5.26 Å². The Bertz CT molecular complexity index is 203. The quantitative estimate of drug-likeness (QED) is 0.438. The van der Waals surface area contributed by atoms with Gasteiger partial charge in [0.05, 0.1) is 11.8 Å². The number of nitrogens with zero attached hydrogens (tertiary/aromatic N) is 1. The molecule has 0 aliphatic heterocycles. The van der Waals surface area contributed by atoms with E-state index in [-0.39, 0.29) is 12.8 Å². The number of hydrogen-bond donors (Lipinski definition) is 0. The van der Waals surface area contributed by atoms with E-state index in [0.717, 1.165) is 0 Å². The third kappa shape index (κ3) is 7.37. The molecule has 0 bridgehead atoms. The fraction of sp³-hybridized carbons (Fsp3) is 0.750. The van der Waals surface area contributed by atoms with Crippen LogP contribution in [-0.2, 0) is 10.2 Å². The van der Waals surface area contributed by atoms with Crippen molar-refractivity contribution in [1.82, 2.24) is 0 Å². The summed E-state index contributed by atoms with van der Waals surface area (Å²) in [6.45, 7) is 0. The summed E-state index contributed by atoms with van der Waals surface area (Å²) >= 11 is 0. The van der Waals surface area contributed by atoms with Crippen LogP contribution < -0.4 is 0 Å². The summed E-state index contributed by atoms with van der Waals surface area (Å²) in [5, 5.41) is 7.90. The number of hydrogen-bond acceptors (Lipinski definition) is 3. The predicted octanol–water partition coefficient (Wildman–Crippen LogP) is 0.589. The van der Waals surface area contributed by atoms with Gasteiger partial charge in [-0.05, 0) is 6.42 Å². The van der Waals surface area contributed by atoms with Crippen molar-refractivity contribution in [2.24, 2.45) is 0 Å². The van der Waals surface area contributed by atoms with Crippen LogP contribution in [0.15, 0.2) is 0 Å². The van der Waals surface area contributed by atoms with Crippen molar-refractivity contribution in [3.63, 3.8) is 0 Å². The summed E-state index contributed by atoms with van der Waals surface area (Å²) in [6.07, 6.45) is 0.165. The summed E-state index contributed by atoms with van der Waals surface area (Å²) in [4.78, 5) is 0. The van der Waals surface area contributed by atoms with Gasteiger partial charge in [-0.1, -0.05) is 0 Å². The van der Waals surface area contributed by atoms with Gasteiger partial charge in [-0.2, -0.15) is 13.7 Å². The van der Waals surface area contributed by atoms with Gasteiger partial charge in [0.25, 0.3) is 0 Å². The van der Waals surface area contributed by atoms with Crippen LogP contribution >= 0.6 is 0 Å². The lowest BCUT2D eigenvalue weighted by Gasteiger charge is -1.86. The molecule has 0 heterocycles. The van der Waals surface area contributed by atoms with Crippen LogP contribution in [0.3, 0.4) is 0 Å². The molecule has 0 aliphatic rings. The van der Waals surface area contributed by atoms with Crippen LogP contribution in [0.5, 0.6) is 0 Å². The molecule has 0 N–H and O–H groups in total. The Morgan fingerprint density at radius 1 is 1.56 bits per heavy atom. The summed E-state index contributed by atoms with van der Waals surface area (Å²) < 4.78 is 31.0. The zero-order chi connectivity index (χ0) is 7.33. The number of rotatable bonds is 3. The lowest BCUT2D eigenvalue weighted by molar-refractivity contribution is 0.549. The molecular formula is C4H6FNO2S. The zero-order valence-electron chi connectivity index (χ0n) is 4.67. The maximum atomic E-state index is 11.6. The Labute approximate surface area is 53.3 Å². The van der Waals surface area contributed by atoms with Gasteiger partial charge in [0, 0.05) is 6.42 Å². The largest absolute Gasteiger partial charge is 0.302 e. The normalized spacial score (nSPS) is 10.7. The molecule has 0 spiro atoms. The molecule has 0 saturated heterocycles. The molecule has 0 saturated carbocycles. The molecule has 0 aromatic carbocycles. The molecular weight excluding hydrogens is 145 g/mol. The number of nitriles is 1. The monoisotopic (exact) mass is 151 g/mol. The maximum absolute atomic E-state index is 11.6. The average Bonchev–Trinajstić information content (AvgIpc) is 1.63. The highest BCUT2D eigenvalue weighted by atomic mass is 32.3. The van der Waals surface area contributed by atoms with Gasteiger partial charge in [0.1, 0.15) is 0 Å². The smallest absolute Gasteiger partial charge is 0.198 e. The molecule has 3 nitrogen and oxygen atoms in total. The molecule has 5 heteroatoms. The van der Waals surface area contributed by atoms with Gasteiger partial charge in [-0.15, -0.1) is 3.89 Å². The molecule has 52 valence electrons. The van der Waals surface area contributed by atoms with Gasteiger partial charge in [-0.25, -0.2) is 0 Å². The van der Waals surface area contributed by atoms with Gasteiger partial charge < -0.3 is 0 Å². The second-order valence-corrected chi connectivity index (χ2v) is 2.99. The molecule has 0 aliphatic carbocycles. The van der Waals surface area contributed by atoms with E-state index in [1.54, 1.807) is 6.07 Å². The van der Waals surface area contributed by atoms with Crippen molar-refractivity contribution < 1.29 is 12.3 Å². The fourth-order valence-corrected chi connectivity index (χ4v) is 0.813. The summed E-state index contributed by atoms with van der Waals surface area (Å²) in [5.74, 6) is -0.541. The Kier molecular flexibility index (Phi) is 3.17. The van der Waals surface area contributed by atoms with Gasteiger partial charge in [-0.3, -0.25) is 0 Å². The standard InChI is InChI=1S/C4H6FNO2S/c5-9(7,8)4-2-1-3-6/h1-2,4H2. The van der Waals surface area contributed by atoms with Crippen LogP contribution in [0, 0.1) is 11.3 Å². The van der Waals surface area contributed by atoms with E-state index in [9.17, 15) is 12.3 Å². The summed E-state index contributed by atoms with van der Waals surface area (Å²) in [7, 11) is -4.35. The van der Waals surface area contributed by atoms with Crippen molar-refractivity contribution >= 4 is 10.2 Å². The second-order valence-electron chi connectivity index (χ2n) is 1.50. The molecule has 0 aromatic rings. The minimum absolute atomic E-state index is 0.0787. The first-order valence-corrected chi connectivity index (χ1v) is 3.91. The molecule has 0 amide bonds. The fourth-order valence-electron chi connectivity index (χ4n) is 0.324. The van der Waals surface area contributed by atoms with Crippen molar-refractivity contribution in [2.45, 2.75) is 12.8 Å². The van der Waals surface area contributed by atoms with Gasteiger partial charge >= 0.3 is 10.2 Å². The highest BCUT2D eigenvalue weighted by molar-refractivity contribution is 7.86. The lowest BCUT2D eigenvalue weighted by Crippen LogP contribution is -1.96. The SMILES string of the molecule is N#CCCCS(=O)(=O)F.